The predicted molar refractivity (Wildman–Crippen MR) is 159 cm³/mol. The van der Waals surface area contributed by atoms with Crippen molar-refractivity contribution in [2.24, 2.45) is 0 Å². The summed E-state index contributed by atoms with van der Waals surface area (Å²) in [6.07, 6.45) is 4.21. The monoisotopic (exact) mass is 585 g/mol. The summed E-state index contributed by atoms with van der Waals surface area (Å²) < 4.78 is 26.7. The third-order valence-corrected chi connectivity index (χ3v) is 9.08. The fourth-order valence-electron chi connectivity index (χ4n) is 5.28. The van der Waals surface area contributed by atoms with Crippen LogP contribution in [0.15, 0.2) is 30.5 Å². The molecule has 3 amide bonds. The van der Waals surface area contributed by atoms with Crippen LogP contribution in [-0.2, 0) is 26.0 Å². The number of hydrogen-bond donors (Lipinski definition) is 1. The molecule has 0 bridgehead atoms. The number of urea groups is 1. The molecular weight excluding hydrogens is 546 g/mol. The molecule has 1 saturated carbocycles. The van der Waals surface area contributed by atoms with Crippen LogP contribution in [0.1, 0.15) is 53.0 Å². The molecule has 1 saturated heterocycles. The number of amides is 3. The summed E-state index contributed by atoms with van der Waals surface area (Å²) in [5.41, 5.74) is 0.825. The summed E-state index contributed by atoms with van der Waals surface area (Å²) in [4.78, 5) is 52.3. The number of ketones is 1. The molecule has 2 heterocycles. The third kappa shape index (κ3) is 5.72. The number of carbonyl (C=O) groups is 3. The summed E-state index contributed by atoms with van der Waals surface area (Å²) >= 11 is 0. The van der Waals surface area contributed by atoms with E-state index in [1.807, 2.05) is 18.7 Å². The number of nitrogens with one attached hydrogen (secondary N) is 1. The molecule has 12 nitrogen and oxygen atoms in total. The highest BCUT2D eigenvalue weighted by Gasteiger charge is 2.63. The molecule has 1 atom stereocenters. The maximum Gasteiger partial charge on any atom is 0.332 e. The van der Waals surface area contributed by atoms with Crippen LogP contribution in [0, 0.1) is 0 Å². The van der Waals surface area contributed by atoms with Gasteiger partial charge in [-0.2, -0.15) is 4.98 Å². The normalized spacial score (nSPS) is 16.9. The summed E-state index contributed by atoms with van der Waals surface area (Å²) in [5.74, 6) is 0.287. The number of Topliss-reactive ketones (excluding diaryl/α,β-unsaturated/α-hetero) is 1. The first-order chi connectivity index (χ1) is 19.2. The Hall–Kier alpha value is -3.74. The molecule has 1 spiro atoms. The van der Waals surface area contributed by atoms with Crippen LogP contribution < -0.4 is 19.4 Å². The molecule has 41 heavy (non-hydrogen) atoms. The summed E-state index contributed by atoms with van der Waals surface area (Å²) in [6, 6.07) is 5.48. The Balaban J connectivity index is 1.63. The zero-order valence-electron chi connectivity index (χ0n) is 24.7. The quantitative estimate of drug-likeness (QED) is 0.373. The van der Waals surface area contributed by atoms with Crippen molar-refractivity contribution < 1.29 is 22.8 Å². The van der Waals surface area contributed by atoms with Gasteiger partial charge in [-0.3, -0.25) is 13.9 Å². The number of sulfonamides is 1. The van der Waals surface area contributed by atoms with Gasteiger partial charge in [0.1, 0.15) is 11.2 Å². The number of hydrogen-bond acceptors (Lipinski definition) is 9. The number of imide groups is 1. The SMILES string of the molecule is CCN(CC)c1ncc(N(C(C)C)S(C)(=O)=O)c(N[C@@H](Cc2ccc(N3C(=O)N(C)C4(CC4)C3=O)cc2)C(C)=O)n1. The van der Waals surface area contributed by atoms with E-state index in [2.05, 4.69) is 15.3 Å². The molecule has 1 aromatic carbocycles. The van der Waals surface area contributed by atoms with E-state index in [1.54, 1.807) is 45.2 Å². The zero-order valence-corrected chi connectivity index (χ0v) is 25.5. The smallest absolute Gasteiger partial charge is 0.332 e. The lowest BCUT2D eigenvalue weighted by molar-refractivity contribution is -0.120. The van der Waals surface area contributed by atoms with E-state index in [0.29, 0.717) is 37.6 Å². The van der Waals surface area contributed by atoms with E-state index < -0.39 is 27.6 Å². The molecule has 0 radical (unpaired) electrons. The fraction of sp³-hybridized carbons (Fsp3) is 0.536. The molecule has 0 unspecified atom stereocenters. The largest absolute Gasteiger partial charge is 0.358 e. The highest BCUT2D eigenvalue weighted by Crippen LogP contribution is 2.48. The molecule has 2 fully saturated rings. The van der Waals surface area contributed by atoms with Crippen molar-refractivity contribution >= 4 is 50.9 Å². The van der Waals surface area contributed by atoms with Gasteiger partial charge in [0.05, 0.1) is 24.2 Å². The van der Waals surface area contributed by atoms with Crippen molar-refractivity contribution in [3.05, 3.63) is 36.0 Å². The Labute approximate surface area is 241 Å². The van der Waals surface area contributed by atoms with Gasteiger partial charge < -0.3 is 15.1 Å². The number of benzene rings is 1. The third-order valence-electron chi connectivity index (χ3n) is 7.75. The standard InChI is InChI=1S/C28H39N7O5S/c1-8-33(9-2)26-29-17-23(35(18(3)4)41(7,39)40)24(31-26)30-22(19(5)36)16-20-10-12-21(13-11-20)34-25(37)28(14-15-28)32(6)27(34)38/h10-13,17-18,22H,8-9,14-16H2,1-7H3,(H,29,30,31)/t22-/m0/s1. The van der Waals surface area contributed by atoms with E-state index in [1.165, 1.54) is 27.2 Å². The van der Waals surface area contributed by atoms with Gasteiger partial charge in [0.25, 0.3) is 5.91 Å². The molecule has 222 valence electrons. The van der Waals surface area contributed by atoms with Crippen LogP contribution in [0.5, 0.6) is 0 Å². The topological polar surface area (TPSA) is 136 Å². The maximum atomic E-state index is 12.9. The molecular formula is C28H39N7O5S. The second kappa shape index (κ2) is 11.3. The van der Waals surface area contributed by atoms with Gasteiger partial charge in [0.2, 0.25) is 16.0 Å². The number of nitrogens with zero attached hydrogens (tertiary/aromatic N) is 6. The van der Waals surface area contributed by atoms with Gasteiger partial charge >= 0.3 is 6.03 Å². The van der Waals surface area contributed by atoms with E-state index in [0.717, 1.165) is 11.8 Å². The van der Waals surface area contributed by atoms with Crippen LogP contribution in [-0.4, -0.2) is 85.0 Å². The molecule has 4 rings (SSSR count). The Morgan fingerprint density at radius 2 is 1.73 bits per heavy atom. The maximum absolute atomic E-state index is 12.9. The molecule has 1 N–H and O–H groups in total. The molecule has 1 aliphatic heterocycles. The van der Waals surface area contributed by atoms with Crippen LogP contribution in [0.2, 0.25) is 0 Å². The first-order valence-corrected chi connectivity index (χ1v) is 15.7. The first kappa shape index (κ1) is 30.2. The average molecular weight is 586 g/mol. The first-order valence-electron chi connectivity index (χ1n) is 13.8. The van der Waals surface area contributed by atoms with Crippen LogP contribution >= 0.6 is 0 Å². The van der Waals surface area contributed by atoms with E-state index in [9.17, 15) is 22.8 Å². The van der Waals surface area contributed by atoms with Gasteiger partial charge in [-0.1, -0.05) is 12.1 Å². The number of anilines is 4. The van der Waals surface area contributed by atoms with Gasteiger partial charge in [0, 0.05) is 26.2 Å². The Morgan fingerprint density at radius 1 is 1.12 bits per heavy atom. The summed E-state index contributed by atoms with van der Waals surface area (Å²) in [6.45, 7) is 10.2. The predicted octanol–water partition coefficient (Wildman–Crippen LogP) is 3.04. The number of aromatic nitrogens is 2. The highest BCUT2D eigenvalue weighted by molar-refractivity contribution is 7.92. The van der Waals surface area contributed by atoms with Crippen LogP contribution in [0.4, 0.5) is 27.9 Å². The Bertz CT molecular complexity index is 1440. The minimum atomic E-state index is -3.68. The molecule has 1 aliphatic carbocycles. The Morgan fingerprint density at radius 3 is 2.20 bits per heavy atom. The summed E-state index contributed by atoms with van der Waals surface area (Å²) in [7, 11) is -2.02. The second-order valence-electron chi connectivity index (χ2n) is 10.9. The van der Waals surface area contributed by atoms with Gasteiger partial charge in [-0.25, -0.2) is 23.1 Å². The van der Waals surface area contributed by atoms with Gasteiger partial charge in [0.15, 0.2) is 11.6 Å². The molecule has 2 aromatic rings. The lowest BCUT2D eigenvalue weighted by Crippen LogP contribution is -2.38. The number of likely N-dealkylation sites (N-methyl/N-ethyl adjacent to an activating group) is 1. The molecule has 2 aliphatic rings. The highest BCUT2D eigenvalue weighted by atomic mass is 32.2. The van der Waals surface area contributed by atoms with Crippen molar-refractivity contribution in [3.63, 3.8) is 0 Å². The van der Waals surface area contributed by atoms with Crippen LogP contribution in [0.25, 0.3) is 0 Å². The second-order valence-corrected chi connectivity index (χ2v) is 12.8. The Kier molecular flexibility index (Phi) is 8.30. The average Bonchev–Trinajstić information content (AvgIpc) is 3.69. The van der Waals surface area contributed by atoms with Gasteiger partial charge in [-0.05, 0) is 71.6 Å². The number of rotatable bonds is 12. The van der Waals surface area contributed by atoms with Crippen molar-refractivity contribution in [2.45, 2.75) is 71.5 Å². The number of carbonyl (C=O) groups excluding carboxylic acids is 3. The van der Waals surface area contributed by atoms with Crippen molar-refractivity contribution in [2.75, 3.05) is 45.8 Å². The fourth-order valence-corrected chi connectivity index (χ4v) is 6.53. The lowest BCUT2D eigenvalue weighted by atomic mass is 10.0. The molecule has 13 heteroatoms. The van der Waals surface area contributed by atoms with Gasteiger partial charge in [-0.15, -0.1) is 0 Å². The van der Waals surface area contributed by atoms with Crippen molar-refractivity contribution in [3.8, 4) is 0 Å². The van der Waals surface area contributed by atoms with Crippen molar-refractivity contribution in [1.82, 2.24) is 14.9 Å². The van der Waals surface area contributed by atoms with E-state index >= 15 is 0 Å². The minimum absolute atomic E-state index is 0.166. The van der Waals surface area contributed by atoms with Crippen LogP contribution in [0.3, 0.4) is 0 Å². The minimum Gasteiger partial charge on any atom is -0.358 e. The zero-order chi connectivity index (χ0) is 30.3. The van der Waals surface area contributed by atoms with E-state index in [4.69, 9.17) is 0 Å². The van der Waals surface area contributed by atoms with Crippen molar-refractivity contribution in [1.29, 1.82) is 0 Å². The lowest BCUT2D eigenvalue weighted by Gasteiger charge is -2.30. The van der Waals surface area contributed by atoms with E-state index in [-0.39, 0.29) is 35.6 Å². The molecule has 1 aromatic heterocycles. The summed E-state index contributed by atoms with van der Waals surface area (Å²) in [5, 5.41) is 3.20.